The summed E-state index contributed by atoms with van der Waals surface area (Å²) in [5.74, 6) is 1.10. The number of halogens is 1. The van der Waals surface area contributed by atoms with Crippen molar-refractivity contribution in [1.82, 2.24) is 15.5 Å². The predicted octanol–water partition coefficient (Wildman–Crippen LogP) is 4.39. The van der Waals surface area contributed by atoms with E-state index in [1.54, 1.807) is 0 Å². The van der Waals surface area contributed by atoms with Gasteiger partial charge in [0.25, 0.3) is 0 Å². The van der Waals surface area contributed by atoms with Gasteiger partial charge in [-0.2, -0.15) is 0 Å². The number of carbonyl (C=O) groups is 1. The van der Waals surface area contributed by atoms with Gasteiger partial charge >= 0.3 is 0 Å². The quantitative estimate of drug-likeness (QED) is 0.247. The Labute approximate surface area is 206 Å². The lowest BCUT2D eigenvalue weighted by molar-refractivity contribution is -0.119. The first kappa shape index (κ1) is 27.7. The molecule has 7 heteroatoms. The fraction of sp³-hybridized carbons (Fsp3) is 0.667. The third kappa shape index (κ3) is 9.76. The molecule has 2 N–H and O–H groups in total. The van der Waals surface area contributed by atoms with Crippen molar-refractivity contribution in [3.05, 3.63) is 29.8 Å². The van der Waals surface area contributed by atoms with Gasteiger partial charge in [0.2, 0.25) is 5.91 Å². The van der Waals surface area contributed by atoms with Crippen LogP contribution in [-0.2, 0) is 11.3 Å². The number of anilines is 1. The number of guanidine groups is 1. The topological polar surface area (TPSA) is 60.0 Å². The summed E-state index contributed by atoms with van der Waals surface area (Å²) in [5, 5.41) is 6.88. The van der Waals surface area contributed by atoms with Crippen molar-refractivity contribution in [3.63, 3.8) is 0 Å². The van der Waals surface area contributed by atoms with Gasteiger partial charge in [0.15, 0.2) is 5.96 Å². The molecule has 1 atom stereocenters. The van der Waals surface area contributed by atoms with Gasteiger partial charge in [-0.1, -0.05) is 26.0 Å². The Kier molecular flexibility index (Phi) is 13.8. The van der Waals surface area contributed by atoms with Crippen LogP contribution in [0.3, 0.4) is 0 Å². The maximum atomic E-state index is 12.1. The van der Waals surface area contributed by atoms with Crippen molar-refractivity contribution in [3.8, 4) is 0 Å². The second kappa shape index (κ2) is 15.5. The summed E-state index contributed by atoms with van der Waals surface area (Å²) in [4.78, 5) is 21.2. The van der Waals surface area contributed by atoms with Gasteiger partial charge in [0, 0.05) is 31.2 Å². The highest BCUT2D eigenvalue weighted by Gasteiger charge is 2.19. The molecular weight excluding hydrogens is 501 g/mol. The van der Waals surface area contributed by atoms with E-state index in [-0.39, 0.29) is 29.9 Å². The van der Waals surface area contributed by atoms with E-state index in [4.69, 9.17) is 4.99 Å². The summed E-state index contributed by atoms with van der Waals surface area (Å²) >= 11 is 0. The first-order chi connectivity index (χ1) is 14.6. The standard InChI is InChI=1S/C24H41N5O.HI/c1-5-25-24(27-20(4)11-10-17-28(6-2)7-3)26-19-21-13-15-22(16-14-21)29-18-9-8-12-23(29)30;/h13-16,20H,5-12,17-19H2,1-4H3,(H2,25,26,27);1H. The van der Waals surface area contributed by atoms with Gasteiger partial charge in [-0.15, -0.1) is 24.0 Å². The van der Waals surface area contributed by atoms with Crippen LogP contribution in [0.2, 0.25) is 0 Å². The first-order valence-electron chi connectivity index (χ1n) is 11.7. The van der Waals surface area contributed by atoms with Gasteiger partial charge in [0.1, 0.15) is 0 Å². The van der Waals surface area contributed by atoms with Crippen LogP contribution < -0.4 is 15.5 Å². The van der Waals surface area contributed by atoms with Gasteiger partial charge in [0.05, 0.1) is 6.54 Å². The van der Waals surface area contributed by atoms with Crippen molar-refractivity contribution >= 4 is 41.5 Å². The average Bonchev–Trinajstić information content (AvgIpc) is 2.76. The van der Waals surface area contributed by atoms with Crippen molar-refractivity contribution in [2.45, 2.75) is 72.4 Å². The fourth-order valence-corrected chi connectivity index (χ4v) is 3.82. The molecule has 1 aromatic rings. The smallest absolute Gasteiger partial charge is 0.226 e. The number of rotatable bonds is 11. The molecular formula is C24H42IN5O. The van der Waals surface area contributed by atoms with Crippen LogP contribution in [0.1, 0.15) is 65.4 Å². The second-order valence-electron chi connectivity index (χ2n) is 8.08. The zero-order valence-corrected chi connectivity index (χ0v) is 22.2. The fourth-order valence-electron chi connectivity index (χ4n) is 3.82. The number of benzene rings is 1. The van der Waals surface area contributed by atoms with Gasteiger partial charge in [-0.05, 0) is 76.9 Å². The average molecular weight is 544 g/mol. The Morgan fingerprint density at radius 3 is 2.48 bits per heavy atom. The minimum Gasteiger partial charge on any atom is -0.357 e. The highest BCUT2D eigenvalue weighted by Crippen LogP contribution is 2.21. The number of nitrogens with one attached hydrogen (secondary N) is 2. The molecule has 1 amide bonds. The lowest BCUT2D eigenvalue weighted by Gasteiger charge is -2.26. The molecule has 1 aliphatic rings. The number of hydrogen-bond donors (Lipinski definition) is 2. The van der Waals surface area contributed by atoms with Crippen LogP contribution in [0, 0.1) is 0 Å². The Hall–Kier alpha value is -1.35. The first-order valence-corrected chi connectivity index (χ1v) is 11.7. The summed E-state index contributed by atoms with van der Waals surface area (Å²) in [6, 6.07) is 8.63. The largest absolute Gasteiger partial charge is 0.357 e. The molecule has 0 aliphatic carbocycles. The van der Waals surface area contributed by atoms with E-state index in [1.165, 1.54) is 6.42 Å². The molecule has 0 radical (unpaired) electrons. The Bertz CT molecular complexity index is 660. The molecule has 2 rings (SSSR count). The molecule has 31 heavy (non-hydrogen) atoms. The number of amides is 1. The molecule has 1 unspecified atom stereocenters. The molecule has 1 heterocycles. The molecule has 6 nitrogen and oxygen atoms in total. The number of nitrogens with zero attached hydrogens (tertiary/aromatic N) is 3. The monoisotopic (exact) mass is 543 g/mol. The molecule has 1 saturated heterocycles. The number of aliphatic imine (C=N–C) groups is 1. The van der Waals surface area contributed by atoms with E-state index in [0.717, 1.165) is 69.2 Å². The molecule has 0 bridgehead atoms. The molecule has 0 aromatic heterocycles. The molecule has 1 aromatic carbocycles. The van der Waals surface area contributed by atoms with Crippen LogP contribution in [0.15, 0.2) is 29.3 Å². The normalized spacial score (nSPS) is 15.6. The lowest BCUT2D eigenvalue weighted by atomic mass is 10.1. The van der Waals surface area contributed by atoms with Crippen molar-refractivity contribution < 1.29 is 4.79 Å². The maximum absolute atomic E-state index is 12.1. The number of piperidine rings is 1. The van der Waals surface area contributed by atoms with Crippen LogP contribution in [0.25, 0.3) is 0 Å². The highest BCUT2D eigenvalue weighted by molar-refractivity contribution is 14.0. The van der Waals surface area contributed by atoms with Crippen LogP contribution >= 0.6 is 24.0 Å². The summed E-state index contributed by atoms with van der Waals surface area (Å²) < 4.78 is 0. The van der Waals surface area contributed by atoms with Crippen molar-refractivity contribution in [2.75, 3.05) is 37.6 Å². The van der Waals surface area contributed by atoms with Gasteiger partial charge in [-0.25, -0.2) is 4.99 Å². The van der Waals surface area contributed by atoms with E-state index >= 15 is 0 Å². The van der Waals surface area contributed by atoms with Crippen LogP contribution in [0.5, 0.6) is 0 Å². The van der Waals surface area contributed by atoms with E-state index < -0.39 is 0 Å². The van der Waals surface area contributed by atoms with E-state index in [1.807, 2.05) is 17.0 Å². The number of hydrogen-bond acceptors (Lipinski definition) is 3. The number of carbonyl (C=O) groups excluding carboxylic acids is 1. The molecule has 0 spiro atoms. The van der Waals surface area contributed by atoms with E-state index in [0.29, 0.717) is 19.0 Å². The van der Waals surface area contributed by atoms with Gasteiger partial charge in [-0.3, -0.25) is 4.79 Å². The van der Waals surface area contributed by atoms with E-state index in [2.05, 4.69) is 55.4 Å². The Morgan fingerprint density at radius 1 is 1.16 bits per heavy atom. The van der Waals surface area contributed by atoms with E-state index in [9.17, 15) is 4.79 Å². The molecule has 1 fully saturated rings. The summed E-state index contributed by atoms with van der Waals surface area (Å²) in [6.45, 7) is 14.4. The van der Waals surface area contributed by atoms with Gasteiger partial charge < -0.3 is 20.4 Å². The third-order valence-corrected chi connectivity index (χ3v) is 5.72. The predicted molar refractivity (Wildman–Crippen MR) is 142 cm³/mol. The Morgan fingerprint density at radius 2 is 1.87 bits per heavy atom. The summed E-state index contributed by atoms with van der Waals surface area (Å²) in [6.07, 6.45) is 5.07. The van der Waals surface area contributed by atoms with Crippen LogP contribution in [0.4, 0.5) is 5.69 Å². The maximum Gasteiger partial charge on any atom is 0.226 e. The summed E-state index contributed by atoms with van der Waals surface area (Å²) in [5.41, 5.74) is 2.15. The minimum absolute atomic E-state index is 0. The molecule has 176 valence electrons. The van der Waals surface area contributed by atoms with Crippen molar-refractivity contribution in [2.24, 2.45) is 4.99 Å². The van der Waals surface area contributed by atoms with Crippen molar-refractivity contribution in [1.29, 1.82) is 0 Å². The SMILES string of the molecule is CCNC(=NCc1ccc(N2CCCCC2=O)cc1)NC(C)CCCN(CC)CC.I. The zero-order chi connectivity index (χ0) is 21.8. The highest BCUT2D eigenvalue weighted by atomic mass is 127. The Balaban J connectivity index is 0.00000480. The molecule has 1 aliphatic heterocycles. The minimum atomic E-state index is 0. The molecule has 0 saturated carbocycles. The second-order valence-corrected chi connectivity index (χ2v) is 8.08. The third-order valence-electron chi connectivity index (χ3n) is 5.72. The van der Waals surface area contributed by atoms with Crippen LogP contribution in [-0.4, -0.2) is 55.5 Å². The zero-order valence-electron chi connectivity index (χ0n) is 19.8. The summed E-state index contributed by atoms with van der Waals surface area (Å²) in [7, 11) is 0. The lowest BCUT2D eigenvalue weighted by Crippen LogP contribution is -2.42.